The number of benzene rings is 2. The van der Waals surface area contributed by atoms with Crippen molar-refractivity contribution in [3.8, 4) is 11.1 Å². The maximum Gasteiger partial charge on any atom is 0.137 e. The van der Waals surface area contributed by atoms with Crippen LogP contribution in [0.15, 0.2) is 61.4 Å². The van der Waals surface area contributed by atoms with Crippen molar-refractivity contribution in [2.24, 2.45) is 0 Å². The predicted octanol–water partition coefficient (Wildman–Crippen LogP) is 4.53. The molecule has 0 aliphatic carbocycles. The Morgan fingerprint density at radius 2 is 1.97 bits per heavy atom. The van der Waals surface area contributed by atoms with E-state index in [2.05, 4.69) is 15.2 Å². The topological polar surface area (TPSA) is 68.8 Å². The lowest BCUT2D eigenvalue weighted by Crippen LogP contribution is -2.40. The van der Waals surface area contributed by atoms with Crippen LogP contribution in [-0.4, -0.2) is 29.7 Å². The third kappa shape index (κ3) is 4.08. The Bertz CT molecular complexity index is 1210. The van der Waals surface area contributed by atoms with Crippen LogP contribution in [0.1, 0.15) is 24.1 Å². The van der Waals surface area contributed by atoms with Gasteiger partial charge in [-0.25, -0.2) is 18.4 Å². The summed E-state index contributed by atoms with van der Waals surface area (Å²) in [5, 5.41) is 20.8. The summed E-state index contributed by atoms with van der Waals surface area (Å²) >= 11 is 6.05. The van der Waals surface area contributed by atoms with Crippen LogP contribution in [0.5, 0.6) is 0 Å². The monoisotopic (exact) mass is 443 g/mol. The van der Waals surface area contributed by atoms with Gasteiger partial charge in [0.15, 0.2) is 0 Å². The van der Waals surface area contributed by atoms with E-state index in [1.54, 1.807) is 30.1 Å². The molecule has 0 radical (unpaired) electrons. The number of rotatable bonds is 6. The maximum absolute atomic E-state index is 14.7. The number of halogens is 3. The van der Waals surface area contributed by atoms with Crippen LogP contribution in [-0.2, 0) is 12.1 Å². The predicted molar refractivity (Wildman–Crippen MR) is 112 cm³/mol. The summed E-state index contributed by atoms with van der Waals surface area (Å²) < 4.78 is 31.2. The zero-order valence-corrected chi connectivity index (χ0v) is 17.6. The molecular formula is C22H20ClF2N5O. The van der Waals surface area contributed by atoms with Crippen molar-refractivity contribution in [2.45, 2.75) is 32.0 Å². The minimum absolute atomic E-state index is 0.0587. The van der Waals surface area contributed by atoms with Crippen LogP contribution < -0.4 is 0 Å². The van der Waals surface area contributed by atoms with Crippen LogP contribution in [0.3, 0.4) is 0 Å². The first-order valence-electron chi connectivity index (χ1n) is 9.59. The van der Waals surface area contributed by atoms with Gasteiger partial charge in [0, 0.05) is 28.4 Å². The van der Waals surface area contributed by atoms with Gasteiger partial charge in [-0.1, -0.05) is 23.7 Å². The minimum Gasteiger partial charge on any atom is -0.381 e. The van der Waals surface area contributed by atoms with E-state index in [1.807, 2.05) is 19.1 Å². The molecule has 0 unspecified atom stereocenters. The van der Waals surface area contributed by atoms with Gasteiger partial charge in [-0.3, -0.25) is 4.68 Å². The lowest BCUT2D eigenvalue weighted by Gasteiger charge is -2.34. The SMILES string of the molecule is Cc1cc(Cl)ccc1-c1cnn([C@H](C)[C@](O)(Cn2cncn2)c2ccc(F)cc2F)c1. The third-order valence-electron chi connectivity index (χ3n) is 5.46. The zero-order valence-electron chi connectivity index (χ0n) is 16.9. The quantitative estimate of drug-likeness (QED) is 0.475. The molecular weight excluding hydrogens is 424 g/mol. The molecule has 0 saturated heterocycles. The Morgan fingerprint density at radius 1 is 1.16 bits per heavy atom. The second-order valence-electron chi connectivity index (χ2n) is 7.49. The van der Waals surface area contributed by atoms with Crippen LogP contribution >= 0.6 is 11.6 Å². The Hall–Kier alpha value is -3.10. The van der Waals surface area contributed by atoms with Crippen LogP contribution in [0.4, 0.5) is 8.78 Å². The molecule has 31 heavy (non-hydrogen) atoms. The maximum atomic E-state index is 14.7. The molecule has 2 aromatic heterocycles. The Labute approximate surface area is 182 Å². The molecule has 4 aromatic rings. The largest absolute Gasteiger partial charge is 0.381 e. The summed E-state index contributed by atoms with van der Waals surface area (Å²) in [6, 6.07) is 7.92. The molecule has 0 aliphatic rings. The fourth-order valence-corrected chi connectivity index (χ4v) is 3.93. The molecule has 4 rings (SSSR count). The minimum atomic E-state index is -1.79. The molecule has 0 spiro atoms. The number of aliphatic hydroxyl groups is 1. The molecule has 1 N–H and O–H groups in total. The number of aromatic nitrogens is 5. The summed E-state index contributed by atoms with van der Waals surface area (Å²) in [6.07, 6.45) is 6.18. The molecule has 0 amide bonds. The zero-order chi connectivity index (χ0) is 22.2. The Morgan fingerprint density at radius 3 is 2.65 bits per heavy atom. The van der Waals surface area contributed by atoms with Gasteiger partial charge >= 0.3 is 0 Å². The standard InChI is InChI=1S/C22H20ClF2N5O/c1-14-7-17(23)3-5-19(14)16-9-27-30(10-16)15(2)22(31,11-29-13-26-12-28-29)20-6-4-18(24)8-21(20)25/h3-10,12-13,15,31H,11H2,1-2H3/t15-,22-/m1/s1. The highest BCUT2D eigenvalue weighted by Crippen LogP contribution is 2.37. The molecule has 9 heteroatoms. The average Bonchev–Trinajstić information content (AvgIpc) is 3.39. The van der Waals surface area contributed by atoms with Crippen molar-refractivity contribution < 1.29 is 13.9 Å². The highest BCUT2D eigenvalue weighted by atomic mass is 35.5. The van der Waals surface area contributed by atoms with Gasteiger partial charge in [-0.05, 0) is 43.2 Å². The molecule has 0 fully saturated rings. The second-order valence-corrected chi connectivity index (χ2v) is 7.92. The van der Waals surface area contributed by atoms with Crippen molar-refractivity contribution in [3.05, 3.63) is 89.2 Å². The number of hydrogen-bond donors (Lipinski definition) is 1. The van der Waals surface area contributed by atoms with E-state index in [9.17, 15) is 13.9 Å². The van der Waals surface area contributed by atoms with Crippen LogP contribution in [0.25, 0.3) is 11.1 Å². The molecule has 0 aliphatic heterocycles. The molecule has 2 atom stereocenters. The van der Waals surface area contributed by atoms with E-state index in [0.29, 0.717) is 5.02 Å². The first kappa shape index (κ1) is 21.1. The van der Waals surface area contributed by atoms with Crippen molar-refractivity contribution in [1.29, 1.82) is 0 Å². The highest BCUT2D eigenvalue weighted by molar-refractivity contribution is 6.30. The van der Waals surface area contributed by atoms with Crippen molar-refractivity contribution in [1.82, 2.24) is 24.5 Å². The summed E-state index contributed by atoms with van der Waals surface area (Å²) in [5.74, 6) is -1.58. The highest BCUT2D eigenvalue weighted by Gasteiger charge is 2.40. The van der Waals surface area contributed by atoms with Crippen molar-refractivity contribution in [3.63, 3.8) is 0 Å². The fourth-order valence-electron chi connectivity index (χ4n) is 3.70. The number of aryl methyl sites for hydroxylation is 1. The summed E-state index contributed by atoms with van der Waals surface area (Å²) in [4.78, 5) is 3.88. The second kappa shape index (κ2) is 8.20. The molecule has 0 bridgehead atoms. The van der Waals surface area contributed by atoms with Gasteiger partial charge < -0.3 is 5.11 Å². The van der Waals surface area contributed by atoms with Crippen molar-refractivity contribution in [2.75, 3.05) is 0 Å². The summed E-state index contributed by atoms with van der Waals surface area (Å²) in [6.45, 7) is 3.55. The smallest absolute Gasteiger partial charge is 0.137 e. The molecule has 2 aromatic carbocycles. The van der Waals surface area contributed by atoms with E-state index >= 15 is 0 Å². The molecule has 160 valence electrons. The first-order valence-corrected chi connectivity index (χ1v) is 9.97. The summed E-state index contributed by atoms with van der Waals surface area (Å²) in [7, 11) is 0. The van der Waals surface area contributed by atoms with Gasteiger partial charge in [0.05, 0.1) is 18.8 Å². The van der Waals surface area contributed by atoms with Gasteiger partial charge in [-0.2, -0.15) is 10.2 Å². The number of nitrogens with zero attached hydrogens (tertiary/aromatic N) is 5. The van der Waals surface area contributed by atoms with Gasteiger partial charge in [0.1, 0.15) is 29.9 Å². The van der Waals surface area contributed by atoms with E-state index < -0.39 is 23.3 Å². The third-order valence-corrected chi connectivity index (χ3v) is 5.69. The fraction of sp³-hybridized carbons (Fsp3) is 0.227. The molecule has 0 saturated carbocycles. The normalized spacial score (nSPS) is 14.4. The molecule has 6 nitrogen and oxygen atoms in total. The van der Waals surface area contributed by atoms with Crippen LogP contribution in [0.2, 0.25) is 5.02 Å². The van der Waals surface area contributed by atoms with Gasteiger partial charge in [0.2, 0.25) is 0 Å². The Kier molecular flexibility index (Phi) is 5.60. The number of hydrogen-bond acceptors (Lipinski definition) is 4. The van der Waals surface area contributed by atoms with E-state index in [1.165, 1.54) is 23.4 Å². The summed E-state index contributed by atoms with van der Waals surface area (Å²) in [5.41, 5.74) is 0.891. The van der Waals surface area contributed by atoms with Crippen molar-refractivity contribution >= 4 is 11.6 Å². The lowest BCUT2D eigenvalue weighted by atomic mass is 9.86. The Balaban J connectivity index is 1.76. The van der Waals surface area contributed by atoms with Gasteiger partial charge in [-0.15, -0.1) is 0 Å². The van der Waals surface area contributed by atoms with Crippen LogP contribution in [0, 0.1) is 18.6 Å². The molecule has 2 heterocycles. The average molecular weight is 444 g/mol. The van der Waals surface area contributed by atoms with Gasteiger partial charge in [0.25, 0.3) is 0 Å². The van der Waals surface area contributed by atoms with E-state index in [-0.39, 0.29) is 12.1 Å². The van der Waals surface area contributed by atoms with E-state index in [4.69, 9.17) is 11.6 Å². The lowest BCUT2D eigenvalue weighted by molar-refractivity contribution is -0.0368. The first-order chi connectivity index (χ1) is 14.8. The van der Waals surface area contributed by atoms with E-state index in [0.717, 1.165) is 28.8 Å².